The Morgan fingerprint density at radius 3 is 2.58 bits per heavy atom. The molecule has 0 atom stereocenters. The Labute approximate surface area is 139 Å². The number of pyridine rings is 1. The molecule has 0 amide bonds. The highest BCUT2D eigenvalue weighted by molar-refractivity contribution is 5.74. The van der Waals surface area contributed by atoms with Gasteiger partial charge in [0.05, 0.1) is 12.0 Å². The van der Waals surface area contributed by atoms with Gasteiger partial charge in [0, 0.05) is 24.8 Å². The lowest BCUT2D eigenvalue weighted by atomic mass is 10.1. The summed E-state index contributed by atoms with van der Waals surface area (Å²) in [6.07, 6.45) is 1.54. The summed E-state index contributed by atoms with van der Waals surface area (Å²) in [6.45, 7) is 1.33. The number of anilines is 3. The van der Waals surface area contributed by atoms with Crippen LogP contribution < -0.4 is 16.4 Å². The predicted molar refractivity (Wildman–Crippen MR) is 94.5 cm³/mol. The minimum Gasteiger partial charge on any atom is -0.463 e. The summed E-state index contributed by atoms with van der Waals surface area (Å²) in [5.41, 5.74) is 8.42. The summed E-state index contributed by atoms with van der Waals surface area (Å²) in [4.78, 5) is 4.23. The lowest BCUT2D eigenvalue weighted by molar-refractivity contribution is 0.580. The van der Waals surface area contributed by atoms with E-state index < -0.39 is 0 Å². The third-order valence-corrected chi connectivity index (χ3v) is 3.45. The van der Waals surface area contributed by atoms with Gasteiger partial charge in [0.25, 0.3) is 0 Å². The first-order chi connectivity index (χ1) is 11.8. The van der Waals surface area contributed by atoms with Crippen LogP contribution in [0.25, 0.3) is 11.5 Å². The molecule has 0 aliphatic carbocycles. The number of hydrogen-bond acceptors (Lipinski definition) is 6. The van der Waals surface area contributed by atoms with Gasteiger partial charge in [-0.2, -0.15) is 5.26 Å². The van der Waals surface area contributed by atoms with Gasteiger partial charge >= 0.3 is 0 Å². The molecule has 0 fully saturated rings. The van der Waals surface area contributed by atoms with Crippen molar-refractivity contribution in [3.8, 4) is 17.5 Å². The Morgan fingerprint density at radius 2 is 1.88 bits per heavy atom. The fourth-order valence-corrected chi connectivity index (χ4v) is 2.37. The molecule has 0 spiro atoms. The smallest absolute Gasteiger partial charge is 0.153 e. The molecule has 3 rings (SSSR count). The van der Waals surface area contributed by atoms with E-state index in [9.17, 15) is 5.26 Å². The van der Waals surface area contributed by atoms with Crippen LogP contribution in [0, 0.1) is 11.3 Å². The van der Waals surface area contributed by atoms with Gasteiger partial charge in [0.1, 0.15) is 23.1 Å². The average molecular weight is 319 g/mol. The summed E-state index contributed by atoms with van der Waals surface area (Å²) in [7, 11) is 0. The van der Waals surface area contributed by atoms with Crippen LogP contribution in [0.2, 0.25) is 0 Å². The summed E-state index contributed by atoms with van der Waals surface area (Å²) in [5.74, 6) is 0.850. The largest absolute Gasteiger partial charge is 0.463 e. The second-order valence-electron chi connectivity index (χ2n) is 5.13. The molecular weight excluding hydrogens is 302 g/mol. The van der Waals surface area contributed by atoms with Crippen LogP contribution in [0.3, 0.4) is 0 Å². The highest BCUT2D eigenvalue weighted by Crippen LogP contribution is 2.29. The van der Waals surface area contributed by atoms with Crippen molar-refractivity contribution in [2.24, 2.45) is 0 Å². The van der Waals surface area contributed by atoms with Gasteiger partial charge in [0.2, 0.25) is 0 Å². The standard InChI is InChI=1S/C18H17N5O/c19-12-14-15(22-9-8-21-13-5-2-1-3-6-13)11-17(20)23-18(14)16-7-4-10-24-16/h1-7,10-11,21H,8-9H2,(H3,20,22,23). The third kappa shape index (κ3) is 3.47. The maximum atomic E-state index is 9.50. The molecule has 0 unspecified atom stereocenters. The molecule has 0 saturated heterocycles. The van der Waals surface area contributed by atoms with Crippen LogP contribution in [0.1, 0.15) is 5.56 Å². The van der Waals surface area contributed by atoms with Crippen molar-refractivity contribution in [2.45, 2.75) is 0 Å². The normalized spacial score (nSPS) is 10.1. The van der Waals surface area contributed by atoms with Crippen molar-refractivity contribution in [3.63, 3.8) is 0 Å². The molecule has 4 N–H and O–H groups in total. The van der Waals surface area contributed by atoms with Crippen molar-refractivity contribution in [3.05, 3.63) is 60.4 Å². The Hall–Kier alpha value is -3.46. The third-order valence-electron chi connectivity index (χ3n) is 3.45. The van der Waals surface area contributed by atoms with E-state index in [0.29, 0.717) is 41.6 Å². The van der Waals surface area contributed by atoms with Gasteiger partial charge in [-0.25, -0.2) is 4.98 Å². The topological polar surface area (TPSA) is 99.9 Å². The molecule has 0 bridgehead atoms. The zero-order valence-corrected chi connectivity index (χ0v) is 13.0. The van der Waals surface area contributed by atoms with Crippen molar-refractivity contribution < 1.29 is 4.42 Å². The Bertz CT molecular complexity index is 838. The van der Waals surface area contributed by atoms with E-state index in [1.165, 1.54) is 6.26 Å². The lowest BCUT2D eigenvalue weighted by Crippen LogP contribution is -2.15. The number of nitrogens with zero attached hydrogens (tertiary/aromatic N) is 2. The van der Waals surface area contributed by atoms with Crippen LogP contribution in [-0.4, -0.2) is 18.1 Å². The maximum Gasteiger partial charge on any atom is 0.153 e. The molecule has 0 saturated carbocycles. The van der Waals surface area contributed by atoms with Crippen molar-refractivity contribution in [2.75, 3.05) is 29.5 Å². The Morgan fingerprint density at radius 1 is 1.08 bits per heavy atom. The zero-order chi connectivity index (χ0) is 16.8. The summed E-state index contributed by atoms with van der Waals surface area (Å²) >= 11 is 0. The van der Waals surface area contributed by atoms with Crippen LogP contribution >= 0.6 is 0 Å². The number of aromatic nitrogens is 1. The molecule has 6 heteroatoms. The number of nitrogens with one attached hydrogen (secondary N) is 2. The van der Waals surface area contributed by atoms with E-state index in [0.717, 1.165) is 5.69 Å². The minimum atomic E-state index is 0.332. The van der Waals surface area contributed by atoms with Gasteiger partial charge < -0.3 is 20.8 Å². The van der Waals surface area contributed by atoms with E-state index in [1.807, 2.05) is 30.3 Å². The Balaban J connectivity index is 1.72. The first-order valence-corrected chi connectivity index (χ1v) is 7.55. The number of hydrogen-bond donors (Lipinski definition) is 3. The van der Waals surface area contributed by atoms with Crippen molar-refractivity contribution in [1.82, 2.24) is 4.98 Å². The number of benzene rings is 1. The zero-order valence-electron chi connectivity index (χ0n) is 13.0. The molecule has 1 aromatic carbocycles. The maximum absolute atomic E-state index is 9.50. The van der Waals surface area contributed by atoms with Crippen LogP contribution in [0.15, 0.2) is 59.2 Å². The first kappa shape index (κ1) is 15.4. The number of furan rings is 1. The molecule has 6 nitrogen and oxygen atoms in total. The fourth-order valence-electron chi connectivity index (χ4n) is 2.37. The number of nitrogens with two attached hydrogens (primary N) is 1. The van der Waals surface area contributed by atoms with E-state index >= 15 is 0 Å². The van der Waals surface area contributed by atoms with Crippen molar-refractivity contribution in [1.29, 1.82) is 5.26 Å². The summed E-state index contributed by atoms with van der Waals surface area (Å²) in [5, 5.41) is 16.0. The summed E-state index contributed by atoms with van der Waals surface area (Å²) in [6, 6.07) is 17.3. The van der Waals surface area contributed by atoms with Gasteiger partial charge in [-0.3, -0.25) is 0 Å². The van der Waals surface area contributed by atoms with Crippen molar-refractivity contribution >= 4 is 17.2 Å². The molecule has 24 heavy (non-hydrogen) atoms. The van der Waals surface area contributed by atoms with Gasteiger partial charge in [0.15, 0.2) is 5.76 Å². The number of nitriles is 1. The van der Waals surface area contributed by atoms with Gasteiger partial charge in [-0.15, -0.1) is 0 Å². The lowest BCUT2D eigenvalue weighted by Gasteiger charge is -2.12. The van der Waals surface area contributed by atoms with Gasteiger partial charge in [-0.05, 0) is 24.3 Å². The number of nitrogen functional groups attached to an aromatic ring is 1. The van der Waals surface area contributed by atoms with Crippen LogP contribution in [0.5, 0.6) is 0 Å². The molecule has 0 aliphatic rings. The summed E-state index contributed by atoms with van der Waals surface area (Å²) < 4.78 is 5.35. The second kappa shape index (κ2) is 7.20. The van der Waals surface area contributed by atoms with E-state index in [-0.39, 0.29) is 0 Å². The van der Waals surface area contributed by atoms with E-state index in [4.69, 9.17) is 10.2 Å². The number of para-hydroxylation sites is 1. The quantitative estimate of drug-likeness (QED) is 0.603. The van der Waals surface area contributed by atoms with E-state index in [2.05, 4.69) is 21.7 Å². The SMILES string of the molecule is N#Cc1c(NCCNc2ccccc2)cc(N)nc1-c1ccco1. The molecule has 2 aromatic heterocycles. The molecular formula is C18H17N5O. The molecule has 3 aromatic rings. The fraction of sp³-hybridized carbons (Fsp3) is 0.111. The van der Waals surface area contributed by atoms with Gasteiger partial charge in [-0.1, -0.05) is 18.2 Å². The Kier molecular flexibility index (Phi) is 4.63. The van der Waals surface area contributed by atoms with E-state index in [1.54, 1.807) is 18.2 Å². The first-order valence-electron chi connectivity index (χ1n) is 7.55. The molecule has 0 radical (unpaired) electrons. The predicted octanol–water partition coefficient (Wildman–Crippen LogP) is 3.32. The second-order valence-corrected chi connectivity index (χ2v) is 5.13. The average Bonchev–Trinajstić information content (AvgIpc) is 3.13. The number of rotatable bonds is 6. The highest BCUT2D eigenvalue weighted by atomic mass is 16.3. The monoisotopic (exact) mass is 319 g/mol. The van der Waals surface area contributed by atoms with Crippen LogP contribution in [-0.2, 0) is 0 Å². The molecule has 2 heterocycles. The van der Waals surface area contributed by atoms with Crippen LogP contribution in [0.4, 0.5) is 17.2 Å². The molecule has 0 aliphatic heterocycles. The minimum absolute atomic E-state index is 0.332. The molecule has 120 valence electrons. The highest BCUT2D eigenvalue weighted by Gasteiger charge is 2.15.